The summed E-state index contributed by atoms with van der Waals surface area (Å²) < 4.78 is 0. The molecule has 0 spiro atoms. The van der Waals surface area contributed by atoms with Crippen molar-refractivity contribution in [3.63, 3.8) is 0 Å². The molecule has 0 aliphatic heterocycles. The maximum Gasteiger partial charge on any atom is 0.307 e. The summed E-state index contributed by atoms with van der Waals surface area (Å²) in [6.07, 6.45) is 0.226. The lowest BCUT2D eigenvalue weighted by molar-refractivity contribution is -0.137. The first-order chi connectivity index (χ1) is 32.0. The minimum absolute atomic E-state index is 0.0551. The van der Waals surface area contributed by atoms with Gasteiger partial charge in [-0.25, -0.2) is 5.10 Å². The van der Waals surface area contributed by atoms with E-state index in [-0.39, 0.29) is 42.8 Å². The number of hydrogen-bond donors (Lipinski definition) is 4. The highest BCUT2D eigenvalue weighted by atomic mass is 35.5. The summed E-state index contributed by atoms with van der Waals surface area (Å²) in [5.41, 5.74) is 4.18. The molecule has 3 aromatic heterocycles. The molecule has 3 aromatic carbocycles. The molecule has 0 aliphatic carbocycles. The molecule has 0 saturated heterocycles. The number of aliphatic carboxylic acids is 2. The monoisotopic (exact) mass is 1140 g/mol. The molecule has 0 unspecified atom stereocenters. The van der Waals surface area contributed by atoms with Crippen molar-refractivity contribution in [3.05, 3.63) is 139 Å². The molecule has 6 aromatic rings. The van der Waals surface area contributed by atoms with Crippen LogP contribution >= 0.6 is 128 Å². The van der Waals surface area contributed by atoms with E-state index in [9.17, 15) is 14.4 Å². The van der Waals surface area contributed by atoms with Crippen LogP contribution in [0.4, 0.5) is 0 Å². The number of hydrogen-bond acceptors (Lipinski definition) is 12. The number of carboxylic acid groups (broad SMARTS) is 2. The summed E-state index contributed by atoms with van der Waals surface area (Å²) in [5, 5.41) is 54.3. The van der Waals surface area contributed by atoms with Gasteiger partial charge in [0, 0.05) is 12.2 Å². The third-order valence-corrected chi connectivity index (χ3v) is 15.3. The fraction of sp³-hybridized carbons (Fsp3) is 0.289. The van der Waals surface area contributed by atoms with Gasteiger partial charge in [0.2, 0.25) is 0 Å². The minimum Gasteiger partial charge on any atom is -0.481 e. The maximum absolute atomic E-state index is 11.7. The molecule has 0 amide bonds. The Morgan fingerprint density at radius 3 is 1.16 bits per heavy atom. The van der Waals surface area contributed by atoms with Gasteiger partial charge in [0.25, 0.3) is 5.56 Å². The molecule has 0 radical (unpaired) electrons. The van der Waals surface area contributed by atoms with E-state index in [1.165, 1.54) is 35.3 Å². The molecule has 362 valence electrons. The van der Waals surface area contributed by atoms with E-state index >= 15 is 0 Å². The number of benzene rings is 3. The lowest BCUT2D eigenvalue weighted by atomic mass is 10.1. The predicted molar refractivity (Wildman–Crippen MR) is 276 cm³/mol. The number of rotatable bonds is 15. The zero-order chi connectivity index (χ0) is 50.6. The van der Waals surface area contributed by atoms with Gasteiger partial charge in [0.15, 0.2) is 10.3 Å². The molecule has 4 N–H and O–H groups in total. The summed E-state index contributed by atoms with van der Waals surface area (Å²) in [6, 6.07) is 15.4. The molecule has 0 bridgehead atoms. The van der Waals surface area contributed by atoms with Crippen LogP contribution in [0.25, 0.3) is 0 Å². The Kier molecular flexibility index (Phi) is 22.8. The summed E-state index contributed by atoms with van der Waals surface area (Å²) in [4.78, 5) is 35.1. The number of aromatic amines is 1. The maximum atomic E-state index is 11.7. The van der Waals surface area contributed by atoms with Crippen molar-refractivity contribution < 1.29 is 24.9 Å². The lowest BCUT2D eigenvalue weighted by Gasteiger charge is -2.11. The molecule has 6 rings (SSSR count). The topological polar surface area (TPSA) is 192 Å². The van der Waals surface area contributed by atoms with E-state index < -0.39 is 11.9 Å². The Hall–Kier alpha value is -3.03. The smallest absolute Gasteiger partial charge is 0.307 e. The van der Waals surface area contributed by atoms with E-state index in [1.807, 2.05) is 53.7 Å². The summed E-state index contributed by atoms with van der Waals surface area (Å²) >= 11 is 53.4. The van der Waals surface area contributed by atoms with Gasteiger partial charge in [-0.2, -0.15) is 5.10 Å². The van der Waals surface area contributed by atoms with Crippen LogP contribution in [-0.4, -0.2) is 64.5 Å². The van der Waals surface area contributed by atoms with Crippen LogP contribution in [0, 0.1) is 0 Å². The van der Waals surface area contributed by atoms with Gasteiger partial charge < -0.3 is 15.3 Å². The largest absolute Gasteiger partial charge is 0.481 e. The third kappa shape index (κ3) is 17.1. The van der Waals surface area contributed by atoms with E-state index in [2.05, 4.69) is 30.6 Å². The molecule has 0 atom stereocenters. The first-order valence-corrected chi connectivity index (χ1v) is 25.6. The number of aromatic nitrogens is 6. The zero-order valence-electron chi connectivity index (χ0n) is 36.8. The Morgan fingerprint density at radius 2 is 0.838 bits per heavy atom. The fourth-order valence-corrected chi connectivity index (χ4v) is 11.1. The number of carboxylic acids is 2. The van der Waals surface area contributed by atoms with Crippen molar-refractivity contribution in [2.45, 2.75) is 108 Å². The van der Waals surface area contributed by atoms with Crippen molar-refractivity contribution in [1.82, 2.24) is 30.6 Å². The Labute approximate surface area is 445 Å². The van der Waals surface area contributed by atoms with Crippen LogP contribution in [0.2, 0.25) is 40.4 Å². The molecular weight excluding hydrogens is 1100 g/mol. The SMILES string of the molecule is CC(C)c1cc(Sc2c(Cl)cc(CC(=O)O)cc2Cl)n[nH]c1=O.CC(C)c1cc(Sc2c(Cl)cc(CC(=O)O)cc2Cl)nnc1Cl.CC(C)c1cc(Sc2c(Cl)cc(CCO)cc2Cl)nnc1Cl. The predicted octanol–water partition coefficient (Wildman–Crippen LogP) is 14.6. The number of nitrogens with zero attached hydrogens (tertiary/aromatic N) is 5. The molecule has 0 saturated carbocycles. The minimum atomic E-state index is -0.957. The van der Waals surface area contributed by atoms with Gasteiger partial charge in [-0.15, -0.1) is 20.4 Å². The second-order valence-electron chi connectivity index (χ2n) is 15.4. The highest BCUT2D eigenvalue weighted by Crippen LogP contribution is 2.42. The summed E-state index contributed by atoms with van der Waals surface area (Å²) in [7, 11) is 0. The van der Waals surface area contributed by atoms with E-state index in [0.717, 1.165) is 21.6 Å². The van der Waals surface area contributed by atoms with Crippen LogP contribution in [0.1, 0.15) is 92.7 Å². The van der Waals surface area contributed by atoms with Crippen LogP contribution < -0.4 is 5.56 Å². The number of nitrogens with one attached hydrogen (secondary N) is 1. The van der Waals surface area contributed by atoms with Crippen molar-refractivity contribution in [2.24, 2.45) is 0 Å². The van der Waals surface area contributed by atoms with E-state index in [1.54, 1.807) is 42.5 Å². The summed E-state index contributed by atoms with van der Waals surface area (Å²) in [5.74, 6) is -1.38. The van der Waals surface area contributed by atoms with E-state index in [0.29, 0.717) is 88.4 Å². The summed E-state index contributed by atoms with van der Waals surface area (Å²) in [6.45, 7) is 12.0. The molecule has 3 heterocycles. The van der Waals surface area contributed by atoms with Crippen LogP contribution in [0.15, 0.2) is 89.2 Å². The second-order valence-corrected chi connectivity index (χ2v) is 21.6. The Balaban J connectivity index is 0.000000222. The van der Waals surface area contributed by atoms with Gasteiger partial charge >= 0.3 is 11.9 Å². The highest BCUT2D eigenvalue weighted by Gasteiger charge is 2.18. The lowest BCUT2D eigenvalue weighted by Crippen LogP contribution is -2.15. The number of aliphatic hydroxyl groups is 1. The molecule has 12 nitrogen and oxygen atoms in total. The number of carbonyl (C=O) groups is 2. The first-order valence-electron chi connectivity index (χ1n) is 20.1. The van der Waals surface area contributed by atoms with E-state index in [4.69, 9.17) is 108 Å². The number of aliphatic hydroxyl groups excluding tert-OH is 1. The normalized spacial score (nSPS) is 11.1. The third-order valence-electron chi connectivity index (χ3n) is 9.09. The molecule has 23 heteroatoms. The number of H-pyrrole nitrogens is 1. The zero-order valence-corrected chi connectivity index (χ0v) is 45.3. The van der Waals surface area contributed by atoms with Crippen molar-refractivity contribution in [3.8, 4) is 0 Å². The Bertz CT molecular complexity index is 2770. The average Bonchev–Trinajstić information content (AvgIpc) is 3.23. The van der Waals surface area contributed by atoms with Crippen LogP contribution in [-0.2, 0) is 28.9 Å². The average molecular weight is 1140 g/mol. The quantitative estimate of drug-likeness (QED) is 0.0759. The van der Waals surface area contributed by atoms with Crippen LogP contribution in [0.3, 0.4) is 0 Å². The first kappa shape index (κ1) is 57.5. The molecule has 0 fully saturated rings. The van der Waals surface area contributed by atoms with Gasteiger partial charge in [0.1, 0.15) is 15.1 Å². The van der Waals surface area contributed by atoms with Gasteiger partial charge in [-0.1, -0.05) is 170 Å². The van der Waals surface area contributed by atoms with Crippen molar-refractivity contribution >= 4 is 140 Å². The standard InChI is InChI=1S/C15H13Cl3N2O2S.C15H15Cl3N2OS.C15H14Cl2N2O3S/c1-7(2)9-6-12(19-20-15(9)18)23-14-10(16)3-8(4-11(14)17)5-13(21)22;1-8(2)10-7-13(19-20-15(10)18)22-14-11(16)5-9(3-4-21)6-12(14)17;1-7(2)9-6-12(18-19-15(9)22)23-14-10(16)3-8(4-11(14)17)5-13(20)21/h3-4,6-7H,5H2,1-2H3,(H,21,22);5-8,21H,3-4H2,1-2H3;3-4,6-7H,5H2,1-2H3,(H,19,22)(H,20,21). The van der Waals surface area contributed by atoms with Gasteiger partial charge in [-0.05, 0) is 107 Å². The second kappa shape index (κ2) is 27.0. The van der Waals surface area contributed by atoms with Gasteiger partial charge in [-0.3, -0.25) is 14.4 Å². The Morgan fingerprint density at radius 1 is 0.515 bits per heavy atom. The molecular formula is C45H42Cl8N6O6S3. The van der Waals surface area contributed by atoms with Gasteiger partial charge in [0.05, 0.1) is 57.7 Å². The highest BCUT2D eigenvalue weighted by molar-refractivity contribution is 8.00. The number of halogens is 8. The molecule has 0 aliphatic rings. The molecule has 68 heavy (non-hydrogen) atoms. The van der Waals surface area contributed by atoms with Crippen molar-refractivity contribution in [1.29, 1.82) is 0 Å². The van der Waals surface area contributed by atoms with Crippen LogP contribution in [0.5, 0.6) is 0 Å². The van der Waals surface area contributed by atoms with Crippen molar-refractivity contribution in [2.75, 3.05) is 6.61 Å². The fourth-order valence-electron chi connectivity index (χ4n) is 5.81.